The summed E-state index contributed by atoms with van der Waals surface area (Å²) in [4.78, 5) is 29.3. The first-order valence-electron chi connectivity index (χ1n) is 9.29. The maximum atomic E-state index is 12.6. The van der Waals surface area contributed by atoms with Crippen LogP contribution < -0.4 is 0 Å². The highest BCUT2D eigenvalue weighted by molar-refractivity contribution is 6.21. The Morgan fingerprint density at radius 2 is 1.53 bits per heavy atom. The van der Waals surface area contributed by atoms with Crippen molar-refractivity contribution in [2.24, 2.45) is 5.10 Å². The maximum Gasteiger partial charge on any atom is 0.282 e. The molecule has 7 nitrogen and oxygen atoms in total. The zero-order valence-corrected chi connectivity index (χ0v) is 15.7. The van der Waals surface area contributed by atoms with E-state index >= 15 is 0 Å². The molecule has 2 aromatic heterocycles. The smallest absolute Gasteiger partial charge is 0.267 e. The van der Waals surface area contributed by atoms with Gasteiger partial charge in [0.15, 0.2) is 0 Å². The van der Waals surface area contributed by atoms with Crippen molar-refractivity contribution >= 4 is 18.0 Å². The molecule has 0 bridgehead atoms. The second-order valence-electron chi connectivity index (χ2n) is 6.67. The van der Waals surface area contributed by atoms with Crippen molar-refractivity contribution in [3.63, 3.8) is 0 Å². The van der Waals surface area contributed by atoms with Gasteiger partial charge in [-0.1, -0.05) is 30.3 Å². The average Bonchev–Trinajstić information content (AvgIpc) is 3.34. The summed E-state index contributed by atoms with van der Waals surface area (Å²) in [5.41, 5.74) is 3.69. The summed E-state index contributed by atoms with van der Waals surface area (Å²) in [6.45, 7) is 0. The molecule has 0 saturated carbocycles. The Bertz CT molecular complexity index is 1240. The van der Waals surface area contributed by atoms with E-state index in [1.165, 1.54) is 6.21 Å². The highest BCUT2D eigenvalue weighted by Gasteiger charge is 2.35. The summed E-state index contributed by atoms with van der Waals surface area (Å²) in [7, 11) is 0. The number of amides is 2. The number of pyridine rings is 1. The van der Waals surface area contributed by atoms with Gasteiger partial charge in [0, 0.05) is 29.7 Å². The van der Waals surface area contributed by atoms with Gasteiger partial charge in [-0.15, -0.1) is 0 Å². The molecule has 0 radical (unpaired) electrons. The average molecular weight is 393 g/mol. The number of rotatable bonds is 4. The number of hydrogen-bond acceptors (Lipinski definition) is 5. The van der Waals surface area contributed by atoms with E-state index < -0.39 is 11.8 Å². The van der Waals surface area contributed by atoms with Gasteiger partial charge in [-0.25, -0.2) is 4.68 Å². The Morgan fingerprint density at radius 1 is 0.833 bits per heavy atom. The third kappa shape index (κ3) is 2.98. The van der Waals surface area contributed by atoms with Gasteiger partial charge in [-0.2, -0.15) is 15.2 Å². The zero-order valence-electron chi connectivity index (χ0n) is 15.7. The van der Waals surface area contributed by atoms with Crippen LogP contribution in [0.5, 0.6) is 0 Å². The van der Waals surface area contributed by atoms with E-state index in [1.807, 2.05) is 42.5 Å². The fourth-order valence-electron chi connectivity index (χ4n) is 3.32. The predicted molar refractivity (Wildman–Crippen MR) is 111 cm³/mol. The third-order valence-electron chi connectivity index (χ3n) is 4.78. The van der Waals surface area contributed by atoms with Crippen molar-refractivity contribution in [3.05, 3.63) is 102 Å². The number of hydrazone groups is 1. The summed E-state index contributed by atoms with van der Waals surface area (Å²) in [6.07, 6.45) is 6.68. The van der Waals surface area contributed by atoms with Gasteiger partial charge in [0.1, 0.15) is 5.69 Å². The molecule has 0 unspecified atom stereocenters. The molecule has 0 spiro atoms. The molecule has 5 rings (SSSR count). The lowest BCUT2D eigenvalue weighted by Gasteiger charge is -2.05. The topological polar surface area (TPSA) is 80.5 Å². The van der Waals surface area contributed by atoms with E-state index in [2.05, 4.69) is 15.2 Å². The summed E-state index contributed by atoms with van der Waals surface area (Å²) in [5.74, 6) is -0.879. The van der Waals surface area contributed by atoms with Crippen LogP contribution in [-0.4, -0.2) is 37.8 Å². The van der Waals surface area contributed by atoms with Crippen LogP contribution in [0.3, 0.4) is 0 Å². The molecule has 4 aromatic rings. The summed E-state index contributed by atoms with van der Waals surface area (Å²) >= 11 is 0. The molecule has 0 saturated heterocycles. The SMILES string of the molecule is O=C1c2ccccc2C(=O)N1/N=C/c1cn(-c2ccccc2)nc1-c1cccnc1. The van der Waals surface area contributed by atoms with Crippen LogP contribution >= 0.6 is 0 Å². The van der Waals surface area contributed by atoms with Crippen LogP contribution in [0.1, 0.15) is 26.3 Å². The fourth-order valence-corrected chi connectivity index (χ4v) is 3.32. The van der Waals surface area contributed by atoms with Gasteiger partial charge in [0.25, 0.3) is 11.8 Å². The van der Waals surface area contributed by atoms with E-state index in [4.69, 9.17) is 0 Å². The fraction of sp³-hybridized carbons (Fsp3) is 0. The molecule has 30 heavy (non-hydrogen) atoms. The highest BCUT2D eigenvalue weighted by Crippen LogP contribution is 2.24. The third-order valence-corrected chi connectivity index (χ3v) is 4.78. The predicted octanol–water partition coefficient (Wildman–Crippen LogP) is 3.56. The minimum absolute atomic E-state index is 0.354. The van der Waals surface area contributed by atoms with Gasteiger partial charge >= 0.3 is 0 Å². The van der Waals surface area contributed by atoms with E-state index in [1.54, 1.807) is 47.5 Å². The molecular weight excluding hydrogens is 378 g/mol. The first-order chi connectivity index (χ1) is 14.7. The van der Waals surface area contributed by atoms with Crippen molar-refractivity contribution < 1.29 is 9.59 Å². The Morgan fingerprint density at radius 3 is 2.20 bits per heavy atom. The second-order valence-corrected chi connectivity index (χ2v) is 6.67. The lowest BCUT2D eigenvalue weighted by Crippen LogP contribution is -2.24. The van der Waals surface area contributed by atoms with Crippen molar-refractivity contribution in [1.29, 1.82) is 0 Å². The quantitative estimate of drug-likeness (QED) is 0.392. The molecule has 0 atom stereocenters. The van der Waals surface area contributed by atoms with E-state index in [0.717, 1.165) is 16.3 Å². The maximum absolute atomic E-state index is 12.6. The van der Waals surface area contributed by atoms with Gasteiger partial charge in [-0.05, 0) is 36.4 Å². The van der Waals surface area contributed by atoms with Gasteiger partial charge < -0.3 is 0 Å². The number of benzene rings is 2. The molecule has 0 fully saturated rings. The number of imide groups is 1. The number of nitrogens with zero attached hydrogens (tertiary/aromatic N) is 5. The van der Waals surface area contributed by atoms with Crippen LogP contribution in [0.2, 0.25) is 0 Å². The number of hydrogen-bond donors (Lipinski definition) is 0. The standard InChI is InChI=1S/C23H15N5O2/c29-22-19-10-4-5-11-20(19)23(30)28(22)25-14-17-15-27(18-8-2-1-3-9-18)26-21(17)16-7-6-12-24-13-16/h1-15H/b25-14+. The molecule has 7 heteroatoms. The van der Waals surface area contributed by atoms with Crippen LogP contribution in [0, 0.1) is 0 Å². The number of aromatic nitrogens is 3. The van der Waals surface area contributed by atoms with E-state index in [9.17, 15) is 9.59 Å². The molecule has 0 N–H and O–H groups in total. The number of carbonyl (C=O) groups excluding carboxylic acids is 2. The van der Waals surface area contributed by atoms with Gasteiger partial charge in [0.2, 0.25) is 0 Å². The highest BCUT2D eigenvalue weighted by atomic mass is 16.2. The molecule has 1 aliphatic heterocycles. The zero-order chi connectivity index (χ0) is 20.5. The Hall–Kier alpha value is -4.39. The van der Waals surface area contributed by atoms with Crippen molar-refractivity contribution in [1.82, 2.24) is 19.8 Å². The van der Waals surface area contributed by atoms with Crippen molar-refractivity contribution in [3.8, 4) is 16.9 Å². The second kappa shape index (κ2) is 7.21. The lowest BCUT2D eigenvalue weighted by atomic mass is 10.1. The molecule has 144 valence electrons. The van der Waals surface area contributed by atoms with Crippen LogP contribution in [0.15, 0.2) is 90.4 Å². The Kier molecular flexibility index (Phi) is 4.25. The van der Waals surface area contributed by atoms with Crippen LogP contribution in [0.25, 0.3) is 16.9 Å². The van der Waals surface area contributed by atoms with Gasteiger partial charge in [-0.3, -0.25) is 14.6 Å². The first-order valence-corrected chi connectivity index (χ1v) is 9.29. The summed E-state index contributed by atoms with van der Waals surface area (Å²) in [6, 6.07) is 20.1. The van der Waals surface area contributed by atoms with Crippen LogP contribution in [-0.2, 0) is 0 Å². The lowest BCUT2D eigenvalue weighted by molar-refractivity contribution is 0.0660. The minimum Gasteiger partial charge on any atom is -0.267 e. The molecule has 1 aliphatic rings. The summed E-state index contributed by atoms with van der Waals surface area (Å²) in [5, 5.41) is 9.76. The van der Waals surface area contributed by atoms with Crippen LogP contribution in [0.4, 0.5) is 0 Å². The van der Waals surface area contributed by atoms with E-state index in [0.29, 0.717) is 22.4 Å². The van der Waals surface area contributed by atoms with Gasteiger partial charge in [0.05, 0.1) is 23.0 Å². The van der Waals surface area contributed by atoms with Crippen molar-refractivity contribution in [2.75, 3.05) is 0 Å². The number of para-hydroxylation sites is 1. The Balaban J connectivity index is 1.55. The Labute approximate surface area is 171 Å². The molecule has 2 aromatic carbocycles. The minimum atomic E-state index is -0.440. The largest absolute Gasteiger partial charge is 0.282 e. The van der Waals surface area contributed by atoms with Crippen molar-refractivity contribution in [2.45, 2.75) is 0 Å². The normalized spacial score (nSPS) is 13.3. The number of carbonyl (C=O) groups is 2. The molecular formula is C23H15N5O2. The molecule has 0 aliphatic carbocycles. The molecule has 3 heterocycles. The molecule has 2 amide bonds. The number of fused-ring (bicyclic) bond motifs is 1. The van der Waals surface area contributed by atoms with E-state index in [-0.39, 0.29) is 0 Å². The first kappa shape index (κ1) is 17.7. The monoisotopic (exact) mass is 393 g/mol. The summed E-state index contributed by atoms with van der Waals surface area (Å²) < 4.78 is 1.73.